The maximum atomic E-state index is 12.1. The molecule has 0 saturated carbocycles. The highest BCUT2D eigenvalue weighted by molar-refractivity contribution is 7.89. The fourth-order valence-corrected chi connectivity index (χ4v) is 3.07. The number of anilines is 2. The number of quaternary nitrogens is 1. The topological polar surface area (TPSA) is 123 Å². The zero-order chi connectivity index (χ0) is 20.0. The lowest BCUT2D eigenvalue weighted by Gasteiger charge is -2.14. The van der Waals surface area contributed by atoms with E-state index in [1.165, 1.54) is 18.2 Å². The van der Waals surface area contributed by atoms with Crippen molar-refractivity contribution in [3.05, 3.63) is 53.6 Å². The van der Waals surface area contributed by atoms with Crippen molar-refractivity contribution < 1.29 is 22.9 Å². The van der Waals surface area contributed by atoms with Crippen LogP contribution in [0, 0.1) is 0 Å². The zero-order valence-electron chi connectivity index (χ0n) is 14.5. The number of carbonyl (C=O) groups excluding carboxylic acids is 2. The van der Waals surface area contributed by atoms with Gasteiger partial charge in [0, 0.05) is 5.69 Å². The second-order valence-corrected chi connectivity index (χ2v) is 7.93. The van der Waals surface area contributed by atoms with E-state index in [0.29, 0.717) is 21.3 Å². The van der Waals surface area contributed by atoms with Gasteiger partial charge in [0.2, 0.25) is 10.0 Å². The maximum Gasteiger partial charge on any atom is 0.279 e. The Morgan fingerprint density at radius 3 is 2.30 bits per heavy atom. The molecule has 0 radical (unpaired) electrons. The average Bonchev–Trinajstić information content (AvgIpc) is 2.56. The van der Waals surface area contributed by atoms with Crippen molar-refractivity contribution in [3.63, 3.8) is 0 Å². The minimum Gasteiger partial charge on any atom is -0.322 e. The van der Waals surface area contributed by atoms with E-state index in [1.807, 2.05) is 0 Å². The van der Waals surface area contributed by atoms with Gasteiger partial charge in [0.05, 0.1) is 22.7 Å². The summed E-state index contributed by atoms with van der Waals surface area (Å²) >= 11 is 5.99. The van der Waals surface area contributed by atoms with Crippen LogP contribution >= 0.6 is 11.6 Å². The minimum absolute atomic E-state index is 0.00947. The van der Waals surface area contributed by atoms with E-state index < -0.39 is 10.0 Å². The molecule has 0 aliphatic carbocycles. The van der Waals surface area contributed by atoms with Crippen LogP contribution < -0.4 is 20.7 Å². The quantitative estimate of drug-likeness (QED) is 0.515. The number of hydrogen-bond donors (Lipinski definition) is 4. The summed E-state index contributed by atoms with van der Waals surface area (Å²) in [5.41, 5.74) is 0.807. The molecular formula is C17H20ClN4O4S+. The molecule has 2 rings (SSSR count). The third kappa shape index (κ3) is 6.65. The van der Waals surface area contributed by atoms with Gasteiger partial charge in [-0.1, -0.05) is 29.8 Å². The summed E-state index contributed by atoms with van der Waals surface area (Å²) in [5, 5.41) is 10.8. The summed E-state index contributed by atoms with van der Waals surface area (Å²) in [7, 11) is -2.17. The average molecular weight is 412 g/mol. The van der Waals surface area contributed by atoms with Crippen molar-refractivity contribution in [2.24, 2.45) is 5.14 Å². The first-order chi connectivity index (χ1) is 12.6. The summed E-state index contributed by atoms with van der Waals surface area (Å²) < 4.78 is 22.7. The van der Waals surface area contributed by atoms with Gasteiger partial charge in [-0.25, -0.2) is 13.6 Å². The number of nitrogens with one attached hydrogen (secondary N) is 3. The van der Waals surface area contributed by atoms with Crippen molar-refractivity contribution in [2.45, 2.75) is 4.90 Å². The van der Waals surface area contributed by atoms with Crippen LogP contribution in [0.5, 0.6) is 0 Å². The fourth-order valence-electron chi connectivity index (χ4n) is 2.32. The molecule has 0 heterocycles. The van der Waals surface area contributed by atoms with Crippen molar-refractivity contribution in [2.75, 3.05) is 30.8 Å². The van der Waals surface area contributed by atoms with Crippen molar-refractivity contribution in [1.82, 2.24) is 0 Å². The number of carbonyl (C=O) groups is 2. The second-order valence-electron chi connectivity index (χ2n) is 5.96. The molecule has 0 spiro atoms. The number of rotatable bonds is 7. The van der Waals surface area contributed by atoms with Gasteiger partial charge in [-0.05, 0) is 30.3 Å². The highest BCUT2D eigenvalue weighted by atomic mass is 35.5. The van der Waals surface area contributed by atoms with Crippen LogP contribution in [0.3, 0.4) is 0 Å². The molecular weight excluding hydrogens is 392 g/mol. The van der Waals surface area contributed by atoms with Crippen LogP contribution in [0.15, 0.2) is 53.4 Å². The summed E-state index contributed by atoms with van der Waals surface area (Å²) in [5.74, 6) is -0.658. The van der Waals surface area contributed by atoms with Crippen LogP contribution in [-0.2, 0) is 19.6 Å². The van der Waals surface area contributed by atoms with Gasteiger partial charge in [0.15, 0.2) is 13.1 Å². The number of nitrogens with two attached hydrogens (primary N) is 1. The normalized spacial score (nSPS) is 12.3. The van der Waals surface area contributed by atoms with Crippen LogP contribution in [-0.4, -0.2) is 40.4 Å². The summed E-state index contributed by atoms with van der Waals surface area (Å²) in [6, 6.07) is 12.5. The number of sulfonamides is 1. The highest BCUT2D eigenvalue weighted by Crippen LogP contribution is 2.19. The molecule has 2 aromatic carbocycles. The van der Waals surface area contributed by atoms with E-state index in [2.05, 4.69) is 10.6 Å². The molecule has 0 bridgehead atoms. The van der Waals surface area contributed by atoms with E-state index in [4.69, 9.17) is 16.7 Å². The minimum atomic E-state index is -3.85. The molecule has 1 atom stereocenters. The van der Waals surface area contributed by atoms with Crippen LogP contribution in [0.25, 0.3) is 0 Å². The van der Waals surface area contributed by atoms with Gasteiger partial charge < -0.3 is 15.5 Å². The zero-order valence-corrected chi connectivity index (χ0v) is 16.1. The summed E-state index contributed by atoms with van der Waals surface area (Å²) in [6.45, 7) is 0.0609. The van der Waals surface area contributed by atoms with Crippen LogP contribution in [0.4, 0.5) is 11.4 Å². The summed E-state index contributed by atoms with van der Waals surface area (Å²) in [6.07, 6.45) is 0. The predicted molar refractivity (Wildman–Crippen MR) is 103 cm³/mol. The Morgan fingerprint density at radius 2 is 1.67 bits per heavy atom. The fraction of sp³-hybridized carbons (Fsp3) is 0.176. The Balaban J connectivity index is 1.88. The third-order valence-corrected chi connectivity index (χ3v) is 4.76. The van der Waals surface area contributed by atoms with Gasteiger partial charge in [0.25, 0.3) is 11.8 Å². The molecule has 144 valence electrons. The molecule has 8 nitrogen and oxygen atoms in total. The van der Waals surface area contributed by atoms with Gasteiger partial charge >= 0.3 is 0 Å². The van der Waals surface area contributed by atoms with Gasteiger partial charge in [-0.2, -0.15) is 0 Å². The SMILES string of the molecule is C[NH+](CC(=O)Nc1cccc(S(N)(=O)=O)c1)CC(=O)Nc1ccccc1Cl. The van der Waals surface area contributed by atoms with Crippen LogP contribution in [0.1, 0.15) is 0 Å². The van der Waals surface area contributed by atoms with E-state index in [-0.39, 0.29) is 29.8 Å². The Hall–Kier alpha value is -2.46. The van der Waals surface area contributed by atoms with Crippen molar-refractivity contribution in [1.29, 1.82) is 0 Å². The monoisotopic (exact) mass is 411 g/mol. The largest absolute Gasteiger partial charge is 0.322 e. The summed E-state index contributed by atoms with van der Waals surface area (Å²) in [4.78, 5) is 24.7. The van der Waals surface area contributed by atoms with Crippen molar-refractivity contribution in [3.8, 4) is 0 Å². The Bertz CT molecular complexity index is 949. The number of halogens is 1. The molecule has 5 N–H and O–H groups in total. The number of likely N-dealkylation sites (N-methyl/N-ethyl adjacent to an activating group) is 1. The molecule has 10 heteroatoms. The van der Waals surface area contributed by atoms with E-state index >= 15 is 0 Å². The first-order valence-electron chi connectivity index (χ1n) is 7.93. The molecule has 27 heavy (non-hydrogen) atoms. The van der Waals surface area contributed by atoms with Gasteiger partial charge in [-0.15, -0.1) is 0 Å². The molecule has 0 fully saturated rings. The Morgan fingerprint density at radius 1 is 1.04 bits per heavy atom. The van der Waals surface area contributed by atoms with E-state index in [9.17, 15) is 18.0 Å². The van der Waals surface area contributed by atoms with Crippen LogP contribution in [0.2, 0.25) is 5.02 Å². The number of hydrogen-bond acceptors (Lipinski definition) is 4. The van der Waals surface area contributed by atoms with Crippen molar-refractivity contribution >= 4 is 44.8 Å². The first-order valence-corrected chi connectivity index (χ1v) is 9.86. The predicted octanol–water partition coefficient (Wildman–Crippen LogP) is 0.0793. The molecule has 0 saturated heterocycles. The molecule has 0 aliphatic rings. The highest BCUT2D eigenvalue weighted by Gasteiger charge is 2.16. The third-order valence-electron chi connectivity index (χ3n) is 3.52. The first kappa shape index (κ1) is 20.8. The number of para-hydroxylation sites is 1. The lowest BCUT2D eigenvalue weighted by Crippen LogP contribution is -3.11. The van der Waals surface area contributed by atoms with E-state index in [0.717, 1.165) is 0 Å². The standard InChI is InChI=1S/C17H19ClN4O4S/c1-22(11-17(24)21-15-8-3-2-7-14(15)18)10-16(23)20-12-5-4-6-13(9-12)27(19,25)26/h2-9H,10-11H2,1H3,(H,20,23)(H,21,24)(H2,19,25,26)/p+1. The maximum absolute atomic E-state index is 12.1. The molecule has 0 aliphatic heterocycles. The lowest BCUT2D eigenvalue weighted by atomic mass is 10.3. The van der Waals surface area contributed by atoms with Gasteiger partial charge in [0.1, 0.15) is 0 Å². The number of benzene rings is 2. The Labute approximate surface area is 162 Å². The molecule has 2 aromatic rings. The molecule has 0 aromatic heterocycles. The Kier molecular flexibility index (Phi) is 6.92. The second kappa shape index (κ2) is 8.96. The van der Waals surface area contributed by atoms with Gasteiger partial charge in [-0.3, -0.25) is 9.59 Å². The molecule has 1 unspecified atom stereocenters. The van der Waals surface area contributed by atoms with E-state index in [1.54, 1.807) is 37.4 Å². The molecule has 2 amide bonds. The lowest BCUT2D eigenvalue weighted by molar-refractivity contribution is -0.862. The number of primary sulfonamides is 1. The smallest absolute Gasteiger partial charge is 0.279 e. The number of amides is 2.